The van der Waals surface area contributed by atoms with E-state index in [1.54, 1.807) is 6.92 Å². The highest BCUT2D eigenvalue weighted by atomic mass is 16.5. The van der Waals surface area contributed by atoms with Gasteiger partial charge >= 0.3 is 5.97 Å². The Balaban J connectivity index is 2.13. The zero-order valence-corrected chi connectivity index (χ0v) is 8.70. The molecule has 0 radical (unpaired) electrons. The monoisotopic (exact) mass is 201 g/mol. The molecule has 0 aliphatic carbocycles. The molecule has 1 fully saturated rings. The van der Waals surface area contributed by atoms with Crippen molar-refractivity contribution in [2.75, 3.05) is 13.2 Å². The molecular formula is C10H19NO3. The lowest BCUT2D eigenvalue weighted by molar-refractivity contribution is -0.144. The molecule has 4 heteroatoms. The van der Waals surface area contributed by atoms with Gasteiger partial charge in [-0.15, -0.1) is 0 Å². The molecule has 0 aromatic heterocycles. The van der Waals surface area contributed by atoms with Crippen molar-refractivity contribution in [3.63, 3.8) is 0 Å². The van der Waals surface area contributed by atoms with Crippen molar-refractivity contribution in [2.24, 2.45) is 5.73 Å². The normalized spacial score (nSPS) is 23.4. The smallest absolute Gasteiger partial charge is 0.322 e. The highest BCUT2D eigenvalue weighted by Crippen LogP contribution is 2.17. The van der Waals surface area contributed by atoms with Crippen LogP contribution >= 0.6 is 0 Å². The zero-order chi connectivity index (χ0) is 10.4. The predicted molar refractivity (Wildman–Crippen MR) is 52.8 cm³/mol. The van der Waals surface area contributed by atoms with E-state index in [0.29, 0.717) is 19.1 Å². The fraction of sp³-hybridized carbons (Fsp3) is 0.900. The van der Waals surface area contributed by atoms with Crippen LogP contribution < -0.4 is 5.73 Å². The molecule has 82 valence electrons. The third kappa shape index (κ3) is 3.64. The summed E-state index contributed by atoms with van der Waals surface area (Å²) in [6.45, 7) is 3.02. The maximum absolute atomic E-state index is 11.2. The van der Waals surface area contributed by atoms with Gasteiger partial charge in [-0.1, -0.05) is 0 Å². The maximum Gasteiger partial charge on any atom is 0.322 e. The highest BCUT2D eigenvalue weighted by molar-refractivity contribution is 5.75. The van der Waals surface area contributed by atoms with Crippen LogP contribution in [0, 0.1) is 0 Å². The second kappa shape index (κ2) is 5.98. The summed E-state index contributed by atoms with van der Waals surface area (Å²) in [5, 5.41) is 0. The topological polar surface area (TPSA) is 61.5 Å². The number of hydrogen-bond donors (Lipinski definition) is 1. The van der Waals surface area contributed by atoms with Gasteiger partial charge in [0.1, 0.15) is 6.04 Å². The van der Waals surface area contributed by atoms with Crippen LogP contribution in [-0.4, -0.2) is 31.3 Å². The first-order valence-corrected chi connectivity index (χ1v) is 5.28. The Bertz CT molecular complexity index is 178. The van der Waals surface area contributed by atoms with Crippen molar-refractivity contribution in [2.45, 2.75) is 44.8 Å². The molecule has 2 N–H and O–H groups in total. The van der Waals surface area contributed by atoms with Gasteiger partial charge < -0.3 is 15.2 Å². The van der Waals surface area contributed by atoms with Gasteiger partial charge in [-0.3, -0.25) is 4.79 Å². The SMILES string of the molecule is CCOC(=O)C(N)CCC1CCCO1. The minimum atomic E-state index is -0.487. The third-order valence-electron chi connectivity index (χ3n) is 2.41. The van der Waals surface area contributed by atoms with Crippen molar-refractivity contribution in [3.05, 3.63) is 0 Å². The molecule has 4 nitrogen and oxygen atoms in total. The minimum Gasteiger partial charge on any atom is -0.465 e. The third-order valence-corrected chi connectivity index (χ3v) is 2.41. The number of carbonyl (C=O) groups excluding carboxylic acids is 1. The fourth-order valence-corrected chi connectivity index (χ4v) is 1.60. The summed E-state index contributed by atoms with van der Waals surface area (Å²) in [6.07, 6.45) is 4.04. The molecule has 14 heavy (non-hydrogen) atoms. The summed E-state index contributed by atoms with van der Waals surface area (Å²) in [5.41, 5.74) is 5.65. The molecule has 1 saturated heterocycles. The van der Waals surface area contributed by atoms with Gasteiger partial charge in [-0.25, -0.2) is 0 Å². The van der Waals surface area contributed by atoms with Crippen molar-refractivity contribution >= 4 is 5.97 Å². The van der Waals surface area contributed by atoms with Gasteiger partial charge in [0.15, 0.2) is 0 Å². The van der Waals surface area contributed by atoms with Gasteiger partial charge in [-0.05, 0) is 32.6 Å². The molecule has 1 aliphatic heterocycles. The Morgan fingerprint density at radius 1 is 1.71 bits per heavy atom. The molecule has 0 saturated carbocycles. The van der Waals surface area contributed by atoms with Gasteiger partial charge in [-0.2, -0.15) is 0 Å². The van der Waals surface area contributed by atoms with Gasteiger partial charge in [0.2, 0.25) is 0 Å². The van der Waals surface area contributed by atoms with Gasteiger partial charge in [0.05, 0.1) is 12.7 Å². The van der Waals surface area contributed by atoms with E-state index in [0.717, 1.165) is 25.9 Å². The Labute approximate surface area is 84.7 Å². The lowest BCUT2D eigenvalue weighted by Gasteiger charge is -2.13. The number of rotatable bonds is 5. The quantitative estimate of drug-likeness (QED) is 0.669. The van der Waals surface area contributed by atoms with Crippen molar-refractivity contribution in [1.29, 1.82) is 0 Å². The van der Waals surface area contributed by atoms with Gasteiger partial charge in [0.25, 0.3) is 0 Å². The van der Waals surface area contributed by atoms with E-state index in [2.05, 4.69) is 0 Å². The van der Waals surface area contributed by atoms with Crippen LogP contribution in [-0.2, 0) is 14.3 Å². The second-order valence-electron chi connectivity index (χ2n) is 3.57. The first-order valence-electron chi connectivity index (χ1n) is 5.28. The maximum atomic E-state index is 11.2. The molecule has 0 aromatic rings. The summed E-state index contributed by atoms with van der Waals surface area (Å²) >= 11 is 0. The Morgan fingerprint density at radius 2 is 2.50 bits per heavy atom. The minimum absolute atomic E-state index is 0.300. The average molecular weight is 201 g/mol. The van der Waals surface area contributed by atoms with Crippen LogP contribution in [0.1, 0.15) is 32.6 Å². The van der Waals surface area contributed by atoms with Crippen molar-refractivity contribution in [1.82, 2.24) is 0 Å². The zero-order valence-electron chi connectivity index (χ0n) is 8.70. The van der Waals surface area contributed by atoms with E-state index in [-0.39, 0.29) is 5.97 Å². The molecule has 0 spiro atoms. The van der Waals surface area contributed by atoms with E-state index < -0.39 is 6.04 Å². The van der Waals surface area contributed by atoms with Crippen LogP contribution in [0.3, 0.4) is 0 Å². The predicted octanol–water partition coefficient (Wildman–Crippen LogP) is 0.836. The fourth-order valence-electron chi connectivity index (χ4n) is 1.60. The highest BCUT2D eigenvalue weighted by Gasteiger charge is 2.20. The van der Waals surface area contributed by atoms with E-state index in [1.807, 2.05) is 0 Å². The molecule has 1 rings (SSSR count). The first-order chi connectivity index (χ1) is 6.74. The summed E-state index contributed by atoms with van der Waals surface area (Å²) < 4.78 is 10.2. The molecule has 1 heterocycles. The second-order valence-corrected chi connectivity index (χ2v) is 3.57. The number of nitrogens with two attached hydrogens (primary N) is 1. The van der Waals surface area contributed by atoms with Crippen LogP contribution in [0.2, 0.25) is 0 Å². The Morgan fingerprint density at radius 3 is 3.07 bits per heavy atom. The standard InChI is InChI=1S/C10H19NO3/c1-2-13-10(12)9(11)6-5-8-4-3-7-14-8/h8-9H,2-7,11H2,1H3. The van der Waals surface area contributed by atoms with E-state index >= 15 is 0 Å². The number of carbonyl (C=O) groups is 1. The first kappa shape index (κ1) is 11.5. The lowest BCUT2D eigenvalue weighted by Crippen LogP contribution is -2.33. The molecular weight excluding hydrogens is 182 g/mol. The van der Waals surface area contributed by atoms with E-state index in [4.69, 9.17) is 15.2 Å². The lowest BCUT2D eigenvalue weighted by atomic mass is 10.1. The van der Waals surface area contributed by atoms with Crippen molar-refractivity contribution in [3.8, 4) is 0 Å². The summed E-state index contributed by atoms with van der Waals surface area (Å²) in [4.78, 5) is 11.2. The van der Waals surface area contributed by atoms with Crippen LogP contribution in [0.25, 0.3) is 0 Å². The summed E-state index contributed by atoms with van der Waals surface area (Å²) in [5.74, 6) is -0.300. The molecule has 0 amide bonds. The van der Waals surface area contributed by atoms with E-state index in [9.17, 15) is 4.79 Å². The van der Waals surface area contributed by atoms with E-state index in [1.165, 1.54) is 0 Å². The van der Waals surface area contributed by atoms with Crippen molar-refractivity contribution < 1.29 is 14.3 Å². The van der Waals surface area contributed by atoms with Gasteiger partial charge in [0, 0.05) is 6.61 Å². The Kier molecular flexibility index (Phi) is 4.90. The summed E-state index contributed by atoms with van der Waals surface area (Å²) in [7, 11) is 0. The molecule has 2 atom stereocenters. The molecule has 2 unspecified atom stereocenters. The molecule has 1 aliphatic rings. The van der Waals surface area contributed by atoms with Crippen LogP contribution in [0.5, 0.6) is 0 Å². The largest absolute Gasteiger partial charge is 0.465 e. The number of ether oxygens (including phenoxy) is 2. The molecule has 0 aromatic carbocycles. The number of esters is 1. The average Bonchev–Trinajstić information content (AvgIpc) is 2.67. The summed E-state index contributed by atoms with van der Waals surface area (Å²) in [6, 6.07) is -0.487. The number of hydrogen-bond acceptors (Lipinski definition) is 4. The van der Waals surface area contributed by atoms with Crippen LogP contribution in [0.4, 0.5) is 0 Å². The Hall–Kier alpha value is -0.610. The van der Waals surface area contributed by atoms with Crippen LogP contribution in [0.15, 0.2) is 0 Å². The molecule has 0 bridgehead atoms.